The molecule has 0 aromatic heterocycles. The van der Waals surface area contributed by atoms with Gasteiger partial charge < -0.3 is 28.1 Å². The first-order chi connectivity index (χ1) is 27.2. The Hall–Kier alpha value is -3.37. The number of rotatable bonds is 19. The van der Waals surface area contributed by atoms with Crippen molar-refractivity contribution in [1.82, 2.24) is 4.90 Å². The van der Waals surface area contributed by atoms with Crippen molar-refractivity contribution < 1.29 is 32.9 Å². The number of methoxy groups -OCH3 is 2. The van der Waals surface area contributed by atoms with Crippen LogP contribution < -0.4 is 19.8 Å². The number of nitrogens with zero attached hydrogens (tertiary/aromatic N) is 1. The Labute approximate surface area is 352 Å². The van der Waals surface area contributed by atoms with E-state index in [0.717, 1.165) is 31.4 Å². The predicted octanol–water partition coefficient (Wildman–Crippen LogP) is 10.3. The van der Waals surface area contributed by atoms with Crippen LogP contribution in [0.4, 0.5) is 4.79 Å². The highest BCUT2D eigenvalue weighted by Gasteiger charge is 2.54. The third-order valence-electron chi connectivity index (χ3n) is 11.7. The first-order valence-corrected chi connectivity index (χ1v) is 23.4. The van der Waals surface area contributed by atoms with Gasteiger partial charge in [0.15, 0.2) is 11.5 Å². The molecule has 3 aromatic rings. The van der Waals surface area contributed by atoms with E-state index in [-0.39, 0.29) is 35.1 Å². The first-order valence-electron chi connectivity index (χ1n) is 21.5. The fourth-order valence-corrected chi connectivity index (χ4v) is 13.2. The van der Waals surface area contributed by atoms with Crippen molar-refractivity contribution in [3.05, 3.63) is 84.4 Å². The minimum Gasteiger partial charge on any atom is -0.493 e. The van der Waals surface area contributed by atoms with E-state index in [1.165, 1.54) is 15.9 Å². The summed E-state index contributed by atoms with van der Waals surface area (Å²) in [6, 6.07) is 27.7. The van der Waals surface area contributed by atoms with E-state index in [1.54, 1.807) is 14.2 Å². The molecule has 8 nitrogen and oxygen atoms in total. The van der Waals surface area contributed by atoms with Crippen LogP contribution in [0.3, 0.4) is 0 Å². The van der Waals surface area contributed by atoms with Crippen LogP contribution in [0.2, 0.25) is 5.04 Å². The van der Waals surface area contributed by atoms with Crippen molar-refractivity contribution in [3.63, 3.8) is 0 Å². The van der Waals surface area contributed by atoms with E-state index >= 15 is 0 Å². The van der Waals surface area contributed by atoms with Crippen LogP contribution in [0.5, 0.6) is 11.5 Å². The van der Waals surface area contributed by atoms with Crippen LogP contribution in [0.25, 0.3) is 0 Å². The Bertz CT molecular complexity index is 1660. The maximum absolute atomic E-state index is 14.3. The average Bonchev–Trinajstić information content (AvgIpc) is 3.40. The molecule has 4 atom stereocenters. The fraction of sp³-hybridized carbons (Fsp3) is 0.612. The predicted molar refractivity (Wildman–Crippen MR) is 239 cm³/mol. The lowest BCUT2D eigenvalue weighted by atomic mass is 9.80. The van der Waals surface area contributed by atoms with Gasteiger partial charge in [-0.25, -0.2) is 4.79 Å². The molecule has 322 valence electrons. The SMILES string of the molecule is COCCCOc1cc(C[C@@H](C[C@H]2[C@H](C[C@H](CO[Si](c3ccccc3)(c3ccccc3)C(C)(C)C)C(C)C)OC(C)(C)N2C(=O)OC(C)(C)C)C(C)C)ccc1OC. The summed E-state index contributed by atoms with van der Waals surface area (Å²) in [6.07, 6.45) is 2.53. The number of hydrogen-bond acceptors (Lipinski definition) is 7. The first kappa shape index (κ1) is 47.3. The topological polar surface area (TPSA) is 75.7 Å². The average molecular weight is 818 g/mol. The number of hydrogen-bond donors (Lipinski definition) is 0. The minimum atomic E-state index is -2.78. The van der Waals surface area contributed by atoms with Crippen molar-refractivity contribution in [3.8, 4) is 11.5 Å². The van der Waals surface area contributed by atoms with Crippen LogP contribution in [-0.4, -0.2) is 76.8 Å². The van der Waals surface area contributed by atoms with Crippen LogP contribution >= 0.6 is 0 Å². The quantitative estimate of drug-likeness (QED) is 0.0881. The van der Waals surface area contributed by atoms with Crippen LogP contribution in [0, 0.1) is 23.7 Å². The second-order valence-corrected chi connectivity index (χ2v) is 23.7. The van der Waals surface area contributed by atoms with Gasteiger partial charge in [0.1, 0.15) is 11.3 Å². The van der Waals surface area contributed by atoms with Gasteiger partial charge >= 0.3 is 6.09 Å². The maximum Gasteiger partial charge on any atom is 0.412 e. The molecule has 1 saturated heterocycles. The monoisotopic (exact) mass is 818 g/mol. The Morgan fingerprint density at radius 3 is 1.88 bits per heavy atom. The standard InChI is InChI=1S/C49H75NO7Si/c1-35(2)38(30-37-26-27-43(53-14)45(31-37)54-29-21-28-52-13)32-42-44(56-49(11,12)50(42)46(51)57-47(5,6)7)33-39(36(3)4)34-55-58(48(8,9)10,40-22-17-15-18-23-40)41-24-19-16-20-25-41/h15-20,22-27,31,35-36,38-39,42,44H,21,28-30,32-34H2,1-14H3/t38-,39+,42-,44-/m0/s1. The molecule has 0 radical (unpaired) electrons. The zero-order valence-electron chi connectivity index (χ0n) is 38.2. The van der Waals surface area contributed by atoms with Crippen molar-refractivity contribution >= 4 is 24.8 Å². The largest absolute Gasteiger partial charge is 0.493 e. The minimum absolute atomic E-state index is 0.139. The van der Waals surface area contributed by atoms with Crippen molar-refractivity contribution in [1.29, 1.82) is 0 Å². The van der Waals surface area contributed by atoms with Gasteiger partial charge in [0.2, 0.25) is 0 Å². The Morgan fingerprint density at radius 2 is 1.38 bits per heavy atom. The second-order valence-electron chi connectivity index (χ2n) is 19.4. The molecule has 1 amide bonds. The van der Waals surface area contributed by atoms with Gasteiger partial charge in [0, 0.05) is 26.7 Å². The summed E-state index contributed by atoms with van der Waals surface area (Å²) in [5.41, 5.74) is -0.359. The number of ether oxygens (including phenoxy) is 5. The van der Waals surface area contributed by atoms with Crippen LogP contribution in [0.1, 0.15) is 108 Å². The zero-order chi connectivity index (χ0) is 42.9. The smallest absolute Gasteiger partial charge is 0.412 e. The zero-order valence-corrected chi connectivity index (χ0v) is 39.2. The lowest BCUT2D eigenvalue weighted by Crippen LogP contribution is -2.67. The normalized spacial score (nSPS) is 18.4. The van der Waals surface area contributed by atoms with Gasteiger partial charge in [-0.2, -0.15) is 0 Å². The highest BCUT2D eigenvalue weighted by Crippen LogP contribution is 2.43. The molecule has 4 rings (SSSR count). The molecule has 0 aliphatic carbocycles. The lowest BCUT2D eigenvalue weighted by molar-refractivity contribution is -0.0839. The van der Waals surface area contributed by atoms with E-state index < -0.39 is 19.6 Å². The van der Waals surface area contributed by atoms with Gasteiger partial charge in [-0.15, -0.1) is 0 Å². The van der Waals surface area contributed by atoms with Crippen molar-refractivity contribution in [2.45, 2.75) is 137 Å². The summed E-state index contributed by atoms with van der Waals surface area (Å²) in [5.74, 6) is 2.49. The summed E-state index contributed by atoms with van der Waals surface area (Å²) in [7, 11) is 0.595. The van der Waals surface area contributed by atoms with Crippen molar-refractivity contribution in [2.75, 3.05) is 34.0 Å². The van der Waals surface area contributed by atoms with E-state index in [9.17, 15) is 4.79 Å². The molecule has 1 aliphatic rings. The second kappa shape index (κ2) is 20.3. The molecule has 3 aromatic carbocycles. The molecule has 0 unspecified atom stereocenters. The summed E-state index contributed by atoms with van der Waals surface area (Å²) in [5, 5.41) is 2.40. The number of amides is 1. The molecule has 1 fully saturated rings. The Kier molecular flexibility index (Phi) is 16.5. The molecule has 58 heavy (non-hydrogen) atoms. The summed E-state index contributed by atoms with van der Waals surface area (Å²) in [6.45, 7) is 27.7. The molecular formula is C49H75NO7Si. The number of benzene rings is 3. The molecule has 1 heterocycles. The fourth-order valence-electron chi connectivity index (χ4n) is 8.58. The third-order valence-corrected chi connectivity index (χ3v) is 16.7. The molecular weight excluding hydrogens is 743 g/mol. The molecule has 0 spiro atoms. The number of carbonyl (C=O) groups is 1. The lowest BCUT2D eigenvalue weighted by Gasteiger charge is -2.44. The Morgan fingerprint density at radius 1 is 0.793 bits per heavy atom. The van der Waals surface area contributed by atoms with Crippen LogP contribution in [-0.2, 0) is 25.1 Å². The highest BCUT2D eigenvalue weighted by molar-refractivity contribution is 6.99. The maximum atomic E-state index is 14.3. The molecule has 0 N–H and O–H groups in total. The van der Waals surface area contributed by atoms with E-state index in [2.05, 4.69) is 121 Å². The highest BCUT2D eigenvalue weighted by atomic mass is 28.4. The van der Waals surface area contributed by atoms with Gasteiger partial charge in [-0.05, 0) is 111 Å². The van der Waals surface area contributed by atoms with Gasteiger partial charge in [0.05, 0.1) is 25.9 Å². The van der Waals surface area contributed by atoms with Crippen LogP contribution in [0.15, 0.2) is 78.9 Å². The molecule has 1 aliphatic heterocycles. The van der Waals surface area contributed by atoms with Gasteiger partial charge in [-0.3, -0.25) is 4.90 Å². The molecule has 0 bridgehead atoms. The third kappa shape index (κ3) is 11.9. The summed E-state index contributed by atoms with van der Waals surface area (Å²) in [4.78, 5) is 16.2. The van der Waals surface area contributed by atoms with Gasteiger partial charge in [-0.1, -0.05) is 115 Å². The Balaban J connectivity index is 1.70. The number of carbonyl (C=O) groups excluding carboxylic acids is 1. The van der Waals surface area contributed by atoms with E-state index in [4.69, 9.17) is 28.1 Å². The molecule has 9 heteroatoms. The summed E-state index contributed by atoms with van der Waals surface area (Å²) >= 11 is 0. The van der Waals surface area contributed by atoms with Gasteiger partial charge in [0.25, 0.3) is 8.32 Å². The van der Waals surface area contributed by atoms with E-state index in [0.29, 0.717) is 37.4 Å². The molecule has 0 saturated carbocycles. The van der Waals surface area contributed by atoms with E-state index in [1.807, 2.05) is 45.6 Å². The summed E-state index contributed by atoms with van der Waals surface area (Å²) < 4.78 is 37.8. The van der Waals surface area contributed by atoms with Crippen molar-refractivity contribution in [2.24, 2.45) is 23.7 Å².